The molecule has 1 N–H and O–H groups in total. The predicted molar refractivity (Wildman–Crippen MR) is 77.3 cm³/mol. The lowest BCUT2D eigenvalue weighted by Gasteiger charge is -2.36. The number of carboxylic acid groups (broad SMARTS) is 1. The van der Waals surface area contributed by atoms with Crippen LogP contribution in [0.25, 0.3) is 0 Å². The summed E-state index contributed by atoms with van der Waals surface area (Å²) >= 11 is 0. The number of hydrogen-bond donors (Lipinski definition) is 1. The van der Waals surface area contributed by atoms with Crippen LogP contribution in [0.15, 0.2) is 18.2 Å². The van der Waals surface area contributed by atoms with E-state index in [1.807, 2.05) is 0 Å². The predicted octanol–water partition coefficient (Wildman–Crippen LogP) is 4.13. The molecule has 0 amide bonds. The van der Waals surface area contributed by atoms with Crippen molar-refractivity contribution < 1.29 is 9.90 Å². The van der Waals surface area contributed by atoms with Crippen molar-refractivity contribution in [2.75, 3.05) is 0 Å². The van der Waals surface area contributed by atoms with Crippen LogP contribution in [-0.4, -0.2) is 11.1 Å². The Morgan fingerprint density at radius 1 is 1.26 bits per heavy atom. The van der Waals surface area contributed by atoms with E-state index in [0.29, 0.717) is 12.3 Å². The van der Waals surface area contributed by atoms with E-state index in [1.165, 1.54) is 16.7 Å². The summed E-state index contributed by atoms with van der Waals surface area (Å²) in [5, 5.41) is 9.66. The van der Waals surface area contributed by atoms with Gasteiger partial charge >= 0.3 is 5.97 Å². The van der Waals surface area contributed by atoms with E-state index >= 15 is 0 Å². The summed E-state index contributed by atoms with van der Waals surface area (Å²) in [6.45, 7) is 6.41. The molecule has 0 heterocycles. The van der Waals surface area contributed by atoms with Gasteiger partial charge in [-0.05, 0) is 68.6 Å². The number of carbonyl (C=O) groups is 1. The molecule has 1 aliphatic rings. The lowest BCUT2D eigenvalue weighted by molar-refractivity contribution is -0.151. The van der Waals surface area contributed by atoms with Gasteiger partial charge in [-0.25, -0.2) is 0 Å². The van der Waals surface area contributed by atoms with Crippen LogP contribution in [0.1, 0.15) is 49.3 Å². The molecule has 0 radical (unpaired) electrons. The van der Waals surface area contributed by atoms with Gasteiger partial charge in [-0.2, -0.15) is 0 Å². The first kappa shape index (κ1) is 14.1. The van der Waals surface area contributed by atoms with Crippen molar-refractivity contribution >= 4 is 5.97 Å². The summed E-state index contributed by atoms with van der Waals surface area (Å²) in [7, 11) is 0. The van der Waals surface area contributed by atoms with Crippen LogP contribution in [0, 0.1) is 25.2 Å². The number of aryl methyl sites for hydroxylation is 2. The highest BCUT2D eigenvalue weighted by molar-refractivity contribution is 5.75. The molecule has 1 fully saturated rings. The lowest BCUT2D eigenvalue weighted by atomic mass is 9.67. The average Bonchev–Trinajstić information content (AvgIpc) is 2.37. The fourth-order valence-electron chi connectivity index (χ4n) is 3.09. The van der Waals surface area contributed by atoms with Crippen LogP contribution in [-0.2, 0) is 11.2 Å². The molecule has 0 aromatic heterocycles. The zero-order valence-electron chi connectivity index (χ0n) is 12.2. The molecule has 1 aromatic rings. The van der Waals surface area contributed by atoms with Gasteiger partial charge in [0.2, 0.25) is 0 Å². The van der Waals surface area contributed by atoms with Gasteiger partial charge in [-0.15, -0.1) is 0 Å². The Hall–Kier alpha value is -1.31. The van der Waals surface area contributed by atoms with Gasteiger partial charge in [0.25, 0.3) is 0 Å². The fraction of sp³-hybridized carbons (Fsp3) is 0.588. The van der Waals surface area contributed by atoms with Gasteiger partial charge in [0.05, 0.1) is 5.41 Å². The summed E-state index contributed by atoms with van der Waals surface area (Å²) in [6, 6.07) is 6.34. The molecular formula is C17H24O2. The number of hydrogen-bond acceptors (Lipinski definition) is 1. The van der Waals surface area contributed by atoms with Crippen LogP contribution >= 0.6 is 0 Å². The Bertz CT molecular complexity index is 468. The number of aliphatic carboxylic acids is 1. The highest BCUT2D eigenvalue weighted by Gasteiger charge is 2.41. The third-order valence-corrected chi connectivity index (χ3v) is 4.80. The zero-order valence-corrected chi connectivity index (χ0v) is 12.2. The van der Waals surface area contributed by atoms with Crippen LogP contribution in [0.4, 0.5) is 0 Å². The van der Waals surface area contributed by atoms with Crippen LogP contribution in [0.2, 0.25) is 0 Å². The van der Waals surface area contributed by atoms with Crippen molar-refractivity contribution in [1.82, 2.24) is 0 Å². The maximum Gasteiger partial charge on any atom is 0.309 e. The van der Waals surface area contributed by atoms with Gasteiger partial charge in [0.1, 0.15) is 0 Å². The van der Waals surface area contributed by atoms with E-state index in [0.717, 1.165) is 25.7 Å². The highest BCUT2D eigenvalue weighted by Crippen LogP contribution is 2.41. The average molecular weight is 260 g/mol. The second-order valence-corrected chi connectivity index (χ2v) is 6.36. The SMILES string of the molecule is Cc1ccc(CC2(C(=O)O)CCC(C)CC2)cc1C. The minimum absolute atomic E-state index is 0.534. The molecule has 0 aliphatic heterocycles. The molecule has 1 saturated carbocycles. The Morgan fingerprint density at radius 2 is 1.89 bits per heavy atom. The van der Waals surface area contributed by atoms with Gasteiger partial charge in [-0.3, -0.25) is 4.79 Å². The van der Waals surface area contributed by atoms with Crippen molar-refractivity contribution in [2.24, 2.45) is 11.3 Å². The van der Waals surface area contributed by atoms with Gasteiger partial charge in [0.15, 0.2) is 0 Å². The van der Waals surface area contributed by atoms with Crippen LogP contribution in [0.5, 0.6) is 0 Å². The standard InChI is InChI=1S/C17H24O2/c1-12-6-8-17(9-7-12,16(18)19)11-15-5-4-13(2)14(3)10-15/h4-5,10,12H,6-9,11H2,1-3H3,(H,18,19). The quantitative estimate of drug-likeness (QED) is 0.887. The van der Waals surface area contributed by atoms with Gasteiger partial charge in [0, 0.05) is 0 Å². The number of carboxylic acids is 1. The Morgan fingerprint density at radius 3 is 2.42 bits per heavy atom. The second-order valence-electron chi connectivity index (χ2n) is 6.36. The fourth-order valence-corrected chi connectivity index (χ4v) is 3.09. The van der Waals surface area contributed by atoms with E-state index in [4.69, 9.17) is 0 Å². The van der Waals surface area contributed by atoms with Crippen LogP contribution in [0.3, 0.4) is 0 Å². The van der Waals surface area contributed by atoms with Crippen molar-refractivity contribution in [3.63, 3.8) is 0 Å². The summed E-state index contributed by atoms with van der Waals surface area (Å²) in [4.78, 5) is 11.7. The van der Waals surface area contributed by atoms with Gasteiger partial charge < -0.3 is 5.11 Å². The monoisotopic (exact) mass is 260 g/mol. The first-order valence-electron chi connectivity index (χ1n) is 7.22. The summed E-state index contributed by atoms with van der Waals surface area (Å²) in [5.41, 5.74) is 3.15. The normalized spacial score (nSPS) is 27.2. The number of benzene rings is 1. The molecule has 0 atom stereocenters. The minimum Gasteiger partial charge on any atom is -0.481 e. The smallest absolute Gasteiger partial charge is 0.309 e. The molecule has 0 unspecified atom stereocenters. The second kappa shape index (κ2) is 5.36. The van der Waals surface area contributed by atoms with E-state index in [1.54, 1.807) is 0 Å². The van der Waals surface area contributed by atoms with E-state index in [2.05, 4.69) is 39.0 Å². The van der Waals surface area contributed by atoms with Crippen LogP contribution < -0.4 is 0 Å². The first-order valence-corrected chi connectivity index (χ1v) is 7.22. The first-order chi connectivity index (χ1) is 8.93. The summed E-state index contributed by atoms with van der Waals surface area (Å²) < 4.78 is 0. The molecule has 1 aromatic carbocycles. The molecule has 2 nitrogen and oxygen atoms in total. The highest BCUT2D eigenvalue weighted by atomic mass is 16.4. The molecule has 104 valence electrons. The van der Waals surface area contributed by atoms with Gasteiger partial charge in [-0.1, -0.05) is 25.1 Å². The third kappa shape index (κ3) is 2.99. The summed E-state index contributed by atoms with van der Waals surface area (Å²) in [5.74, 6) is 0.0601. The molecule has 2 rings (SSSR count). The Kier molecular flexibility index (Phi) is 3.98. The minimum atomic E-state index is -0.613. The molecule has 0 saturated heterocycles. The lowest BCUT2D eigenvalue weighted by Crippen LogP contribution is -2.37. The van der Waals surface area contributed by atoms with Crippen molar-refractivity contribution in [2.45, 2.75) is 52.9 Å². The Labute approximate surface area is 115 Å². The largest absolute Gasteiger partial charge is 0.481 e. The maximum absolute atomic E-state index is 11.7. The molecule has 0 spiro atoms. The van der Waals surface area contributed by atoms with E-state index in [-0.39, 0.29) is 0 Å². The maximum atomic E-state index is 11.7. The molecule has 1 aliphatic carbocycles. The molecule has 2 heteroatoms. The Balaban J connectivity index is 2.21. The van der Waals surface area contributed by atoms with Crippen molar-refractivity contribution in [3.05, 3.63) is 34.9 Å². The van der Waals surface area contributed by atoms with Crippen molar-refractivity contribution in [1.29, 1.82) is 0 Å². The molecule has 19 heavy (non-hydrogen) atoms. The molecular weight excluding hydrogens is 236 g/mol. The number of rotatable bonds is 3. The topological polar surface area (TPSA) is 37.3 Å². The molecule has 0 bridgehead atoms. The third-order valence-electron chi connectivity index (χ3n) is 4.80. The summed E-state index contributed by atoms with van der Waals surface area (Å²) in [6.07, 6.45) is 4.39. The van der Waals surface area contributed by atoms with E-state index < -0.39 is 11.4 Å². The van der Waals surface area contributed by atoms with Crippen molar-refractivity contribution in [3.8, 4) is 0 Å². The van der Waals surface area contributed by atoms with E-state index in [9.17, 15) is 9.90 Å². The zero-order chi connectivity index (χ0) is 14.0.